The summed E-state index contributed by atoms with van der Waals surface area (Å²) in [5, 5.41) is 9.69. The number of rotatable bonds is 2. The second kappa shape index (κ2) is 6.27. The molecule has 0 aromatic heterocycles. The molecule has 1 aromatic rings. The lowest BCUT2D eigenvalue weighted by Crippen LogP contribution is -2.52. The van der Waals surface area contributed by atoms with Gasteiger partial charge in [-0.05, 0) is 79.3 Å². The van der Waals surface area contributed by atoms with Crippen LogP contribution in [0, 0.1) is 5.92 Å². The lowest BCUT2D eigenvalue weighted by molar-refractivity contribution is 0.102. The first-order chi connectivity index (χ1) is 10.1. The summed E-state index contributed by atoms with van der Waals surface area (Å²) in [7, 11) is 2.28. The SMILES string of the molecule is CC(O)c1ccc(N2CCC3C(CCCN3C)C2)c(Br)c1. The standard InChI is InChI=1S/C17H25BrN2O/c1-12(21)13-5-6-17(15(18)10-13)20-9-7-16-14(11-20)4-3-8-19(16)2/h5-6,10,12,14,16,21H,3-4,7-9,11H2,1-2H3. The molecule has 0 amide bonds. The molecule has 0 spiro atoms. The molecule has 0 aliphatic carbocycles. The largest absolute Gasteiger partial charge is 0.389 e. The van der Waals surface area contributed by atoms with E-state index >= 15 is 0 Å². The fourth-order valence-electron chi connectivity index (χ4n) is 3.91. The number of halogens is 1. The number of hydrogen-bond acceptors (Lipinski definition) is 3. The number of benzene rings is 1. The smallest absolute Gasteiger partial charge is 0.0762 e. The predicted octanol–water partition coefficient (Wildman–Crippen LogP) is 3.42. The van der Waals surface area contributed by atoms with Gasteiger partial charge in [-0.2, -0.15) is 0 Å². The molecule has 2 saturated heterocycles. The van der Waals surface area contributed by atoms with Crippen molar-refractivity contribution in [3.8, 4) is 0 Å². The van der Waals surface area contributed by atoms with E-state index in [2.05, 4.69) is 44.9 Å². The zero-order valence-corrected chi connectivity index (χ0v) is 14.5. The van der Waals surface area contributed by atoms with Gasteiger partial charge < -0.3 is 14.9 Å². The van der Waals surface area contributed by atoms with Gasteiger partial charge in [0.2, 0.25) is 0 Å². The number of nitrogens with zero attached hydrogens (tertiary/aromatic N) is 2. The summed E-state index contributed by atoms with van der Waals surface area (Å²) < 4.78 is 1.10. The van der Waals surface area contributed by atoms with Crippen molar-refractivity contribution in [3.63, 3.8) is 0 Å². The van der Waals surface area contributed by atoms with E-state index in [0.29, 0.717) is 0 Å². The van der Waals surface area contributed by atoms with Crippen LogP contribution in [0.5, 0.6) is 0 Å². The summed E-state index contributed by atoms with van der Waals surface area (Å²) >= 11 is 3.69. The highest BCUT2D eigenvalue weighted by Crippen LogP contribution is 2.35. The molecule has 2 aliphatic rings. The van der Waals surface area contributed by atoms with Crippen molar-refractivity contribution >= 4 is 21.6 Å². The lowest BCUT2D eigenvalue weighted by Gasteiger charge is -2.46. The molecule has 3 nitrogen and oxygen atoms in total. The van der Waals surface area contributed by atoms with Crippen LogP contribution in [-0.2, 0) is 0 Å². The third-order valence-corrected chi connectivity index (χ3v) is 5.78. The zero-order chi connectivity index (χ0) is 15.0. The Bertz CT molecular complexity index is 506. The molecular formula is C17H25BrN2O. The average Bonchev–Trinajstić information content (AvgIpc) is 2.47. The van der Waals surface area contributed by atoms with Gasteiger partial charge in [0.1, 0.15) is 0 Å². The van der Waals surface area contributed by atoms with Crippen LogP contribution in [0.25, 0.3) is 0 Å². The first kappa shape index (κ1) is 15.3. The molecule has 2 fully saturated rings. The third-order valence-electron chi connectivity index (χ3n) is 5.14. The van der Waals surface area contributed by atoms with E-state index in [1.807, 2.05) is 13.0 Å². The number of hydrogen-bond donors (Lipinski definition) is 1. The Hall–Kier alpha value is -0.580. The highest BCUT2D eigenvalue weighted by molar-refractivity contribution is 9.10. The Morgan fingerprint density at radius 2 is 2.10 bits per heavy atom. The van der Waals surface area contributed by atoms with Crippen LogP contribution in [0.15, 0.2) is 22.7 Å². The predicted molar refractivity (Wildman–Crippen MR) is 90.7 cm³/mol. The minimum absolute atomic E-state index is 0.409. The van der Waals surface area contributed by atoms with Gasteiger partial charge in [0.15, 0.2) is 0 Å². The molecule has 116 valence electrons. The molecule has 4 heteroatoms. The molecule has 2 aliphatic heterocycles. The van der Waals surface area contributed by atoms with Crippen molar-refractivity contribution < 1.29 is 5.11 Å². The third kappa shape index (κ3) is 3.13. The molecular weight excluding hydrogens is 328 g/mol. The van der Waals surface area contributed by atoms with Crippen molar-refractivity contribution in [2.45, 2.75) is 38.3 Å². The number of fused-ring (bicyclic) bond motifs is 1. The molecule has 0 saturated carbocycles. The van der Waals surface area contributed by atoms with E-state index in [-0.39, 0.29) is 0 Å². The summed E-state index contributed by atoms with van der Waals surface area (Å²) in [5.41, 5.74) is 2.24. The van der Waals surface area contributed by atoms with Gasteiger partial charge in [-0.3, -0.25) is 0 Å². The average molecular weight is 353 g/mol. The van der Waals surface area contributed by atoms with E-state index < -0.39 is 6.10 Å². The number of likely N-dealkylation sites (tertiary alicyclic amines) is 1. The molecule has 3 atom stereocenters. The molecule has 3 unspecified atom stereocenters. The second-order valence-corrected chi connectivity index (χ2v) is 7.43. The fourth-order valence-corrected chi connectivity index (χ4v) is 4.56. The molecule has 1 N–H and O–H groups in total. The molecule has 0 radical (unpaired) electrons. The van der Waals surface area contributed by atoms with E-state index in [9.17, 15) is 5.11 Å². The fraction of sp³-hybridized carbons (Fsp3) is 0.647. The van der Waals surface area contributed by atoms with Crippen molar-refractivity contribution in [2.24, 2.45) is 5.92 Å². The van der Waals surface area contributed by atoms with Crippen LogP contribution in [0.2, 0.25) is 0 Å². The van der Waals surface area contributed by atoms with Gasteiger partial charge in [0, 0.05) is 23.6 Å². The summed E-state index contributed by atoms with van der Waals surface area (Å²) in [5.74, 6) is 0.792. The molecule has 21 heavy (non-hydrogen) atoms. The zero-order valence-electron chi connectivity index (χ0n) is 12.9. The maximum atomic E-state index is 9.69. The van der Waals surface area contributed by atoms with Crippen molar-refractivity contribution in [1.29, 1.82) is 0 Å². The Morgan fingerprint density at radius 1 is 1.29 bits per heavy atom. The van der Waals surface area contributed by atoms with Gasteiger partial charge >= 0.3 is 0 Å². The lowest BCUT2D eigenvalue weighted by atomic mass is 9.84. The first-order valence-corrected chi connectivity index (χ1v) is 8.78. The Kier molecular flexibility index (Phi) is 4.57. The Morgan fingerprint density at radius 3 is 2.81 bits per heavy atom. The Labute approximate surface area is 136 Å². The van der Waals surface area contributed by atoms with Crippen LogP contribution >= 0.6 is 15.9 Å². The van der Waals surface area contributed by atoms with Crippen LogP contribution in [0.4, 0.5) is 5.69 Å². The number of piperidine rings is 2. The van der Waals surface area contributed by atoms with Crippen molar-refractivity contribution in [3.05, 3.63) is 28.2 Å². The monoisotopic (exact) mass is 352 g/mol. The Balaban J connectivity index is 1.76. The van der Waals surface area contributed by atoms with Gasteiger partial charge in [0.05, 0.1) is 11.8 Å². The van der Waals surface area contributed by atoms with E-state index in [4.69, 9.17) is 0 Å². The minimum atomic E-state index is -0.409. The molecule has 0 bridgehead atoms. The molecule has 2 heterocycles. The minimum Gasteiger partial charge on any atom is -0.389 e. The topological polar surface area (TPSA) is 26.7 Å². The summed E-state index contributed by atoms with van der Waals surface area (Å²) in [6.07, 6.45) is 3.53. The van der Waals surface area contributed by atoms with Gasteiger partial charge in [-0.15, -0.1) is 0 Å². The van der Waals surface area contributed by atoms with E-state index in [0.717, 1.165) is 35.1 Å². The van der Waals surface area contributed by atoms with Crippen LogP contribution < -0.4 is 4.90 Å². The van der Waals surface area contributed by atoms with E-state index in [1.165, 1.54) is 31.5 Å². The van der Waals surface area contributed by atoms with E-state index in [1.54, 1.807) is 0 Å². The van der Waals surface area contributed by atoms with Crippen molar-refractivity contribution in [1.82, 2.24) is 4.90 Å². The van der Waals surface area contributed by atoms with Crippen LogP contribution in [0.1, 0.15) is 37.9 Å². The number of aliphatic hydroxyl groups excluding tert-OH is 1. The summed E-state index contributed by atoms with van der Waals surface area (Å²) in [6, 6.07) is 7.02. The summed E-state index contributed by atoms with van der Waals surface area (Å²) in [4.78, 5) is 5.06. The first-order valence-electron chi connectivity index (χ1n) is 7.99. The highest BCUT2D eigenvalue weighted by atomic mass is 79.9. The summed E-state index contributed by atoms with van der Waals surface area (Å²) in [6.45, 7) is 5.35. The van der Waals surface area contributed by atoms with Gasteiger partial charge in [-0.25, -0.2) is 0 Å². The highest BCUT2D eigenvalue weighted by Gasteiger charge is 2.34. The maximum Gasteiger partial charge on any atom is 0.0762 e. The second-order valence-electron chi connectivity index (χ2n) is 6.57. The van der Waals surface area contributed by atoms with Crippen LogP contribution in [-0.4, -0.2) is 42.7 Å². The molecule has 1 aromatic carbocycles. The van der Waals surface area contributed by atoms with Gasteiger partial charge in [-0.1, -0.05) is 6.07 Å². The number of aliphatic hydroxyl groups is 1. The van der Waals surface area contributed by atoms with Gasteiger partial charge in [0.25, 0.3) is 0 Å². The van der Waals surface area contributed by atoms with Crippen LogP contribution in [0.3, 0.4) is 0 Å². The quantitative estimate of drug-likeness (QED) is 0.883. The van der Waals surface area contributed by atoms with Crippen molar-refractivity contribution in [2.75, 3.05) is 31.6 Å². The molecule has 3 rings (SSSR count). The normalized spacial score (nSPS) is 28.3. The number of anilines is 1. The maximum absolute atomic E-state index is 9.69.